The summed E-state index contributed by atoms with van der Waals surface area (Å²) in [5.74, 6) is 2.85. The van der Waals surface area contributed by atoms with Gasteiger partial charge < -0.3 is 25.4 Å². The van der Waals surface area contributed by atoms with Gasteiger partial charge in [-0.2, -0.15) is 0 Å². The van der Waals surface area contributed by atoms with E-state index in [0.717, 1.165) is 44.9 Å². The fraction of sp³-hybridized carbons (Fsp3) is 0.926. The van der Waals surface area contributed by atoms with E-state index in [4.69, 9.17) is 5.11 Å². The third-order valence-electron chi connectivity index (χ3n) is 11.0. The molecule has 0 bridgehead atoms. The van der Waals surface area contributed by atoms with Gasteiger partial charge in [-0.15, -0.1) is 0 Å². The minimum Gasteiger partial charge on any atom is -0.394 e. The molecule has 0 aliphatic heterocycles. The van der Waals surface area contributed by atoms with Crippen molar-refractivity contribution in [3.63, 3.8) is 0 Å². The van der Waals surface area contributed by atoms with Gasteiger partial charge >= 0.3 is 0 Å². The standard InChI is InChI=1S/C27H45NO5/c1-16(4-9-25(33)28-18(14-29)15-30)21-7-8-22-20-6-5-17-12-19(31)10-11-26(17,2)23(20)13-24(32)27(21,22)3/h14,16-24,30-32H,4-13,15H2,1-3H3,(H,28,33)/t16-,17-,18?,19-,20+,21-,22+,23+,24+,26+,27-/m1/s1. The van der Waals surface area contributed by atoms with Crippen molar-refractivity contribution in [3.8, 4) is 0 Å². The summed E-state index contributed by atoms with van der Waals surface area (Å²) in [7, 11) is 0. The predicted molar refractivity (Wildman–Crippen MR) is 126 cm³/mol. The third-order valence-corrected chi connectivity index (χ3v) is 11.0. The smallest absolute Gasteiger partial charge is 0.220 e. The lowest BCUT2D eigenvalue weighted by Gasteiger charge is -2.62. The van der Waals surface area contributed by atoms with E-state index in [0.29, 0.717) is 48.2 Å². The first kappa shape index (κ1) is 25.1. The molecule has 11 atom stereocenters. The summed E-state index contributed by atoms with van der Waals surface area (Å²) in [5, 5.41) is 33.6. The second-order valence-electron chi connectivity index (χ2n) is 12.4. The van der Waals surface area contributed by atoms with Crippen LogP contribution in [0.3, 0.4) is 0 Å². The largest absolute Gasteiger partial charge is 0.394 e. The number of aliphatic hydroxyl groups is 3. The van der Waals surface area contributed by atoms with Crippen LogP contribution in [0.2, 0.25) is 0 Å². The Morgan fingerprint density at radius 3 is 2.55 bits per heavy atom. The third kappa shape index (κ3) is 4.29. The summed E-state index contributed by atoms with van der Waals surface area (Å²) < 4.78 is 0. The maximum absolute atomic E-state index is 12.2. The van der Waals surface area contributed by atoms with Crippen LogP contribution in [-0.2, 0) is 9.59 Å². The van der Waals surface area contributed by atoms with Gasteiger partial charge in [-0.05, 0) is 104 Å². The summed E-state index contributed by atoms with van der Waals surface area (Å²) in [6.45, 7) is 6.61. The van der Waals surface area contributed by atoms with Gasteiger partial charge in [-0.3, -0.25) is 4.79 Å². The lowest BCUT2D eigenvalue weighted by atomic mass is 9.43. The number of amides is 1. The summed E-state index contributed by atoms with van der Waals surface area (Å²) in [5.41, 5.74) is 0.138. The summed E-state index contributed by atoms with van der Waals surface area (Å²) in [6, 6.07) is -0.823. The Morgan fingerprint density at radius 2 is 1.85 bits per heavy atom. The number of carbonyl (C=O) groups excluding carboxylic acids is 2. The first-order valence-electron chi connectivity index (χ1n) is 13.4. The fourth-order valence-corrected chi connectivity index (χ4v) is 9.12. The predicted octanol–water partition coefficient (Wildman–Crippen LogP) is 3.07. The first-order valence-corrected chi connectivity index (χ1v) is 13.4. The van der Waals surface area contributed by atoms with E-state index in [1.165, 1.54) is 12.8 Å². The molecule has 0 aromatic rings. The Morgan fingerprint density at radius 1 is 1.09 bits per heavy atom. The van der Waals surface area contributed by atoms with E-state index >= 15 is 0 Å². The van der Waals surface area contributed by atoms with Crippen molar-refractivity contribution in [2.24, 2.45) is 46.3 Å². The zero-order valence-corrected chi connectivity index (χ0v) is 20.7. The zero-order valence-electron chi connectivity index (χ0n) is 20.7. The van der Waals surface area contributed by atoms with Crippen LogP contribution in [0.25, 0.3) is 0 Å². The summed E-state index contributed by atoms with van der Waals surface area (Å²) in [6.07, 6.45) is 9.68. The van der Waals surface area contributed by atoms with Gasteiger partial charge in [0.1, 0.15) is 12.3 Å². The molecule has 4 rings (SSSR count). The number of rotatable bonds is 7. The SMILES string of the molecule is C[C@H](CCC(=O)NC(C=O)CO)[C@H]1CC[C@H]2[C@@H]3CC[C@@H]4C[C@H](O)CC[C@]4(C)[C@H]3C[C@H](O)[C@]12C. The number of carbonyl (C=O) groups is 2. The van der Waals surface area contributed by atoms with Crippen LogP contribution in [0.15, 0.2) is 0 Å². The molecule has 6 nitrogen and oxygen atoms in total. The van der Waals surface area contributed by atoms with Crippen LogP contribution in [0.1, 0.15) is 85.0 Å². The topological polar surface area (TPSA) is 107 Å². The van der Waals surface area contributed by atoms with Crippen LogP contribution in [0.5, 0.6) is 0 Å². The molecular weight excluding hydrogens is 418 g/mol. The highest BCUT2D eigenvalue weighted by atomic mass is 16.3. The average molecular weight is 464 g/mol. The molecule has 0 saturated heterocycles. The maximum Gasteiger partial charge on any atom is 0.220 e. The van der Waals surface area contributed by atoms with E-state index in [1.54, 1.807) is 0 Å². The Hall–Kier alpha value is -0.980. The highest BCUT2D eigenvalue weighted by molar-refractivity contribution is 5.79. The quantitative estimate of drug-likeness (QED) is 0.434. The lowest BCUT2D eigenvalue weighted by molar-refractivity contribution is -0.175. The molecule has 0 radical (unpaired) electrons. The molecule has 1 amide bonds. The van der Waals surface area contributed by atoms with Crippen molar-refractivity contribution in [2.45, 2.75) is 103 Å². The van der Waals surface area contributed by atoms with Crippen molar-refractivity contribution in [1.82, 2.24) is 5.32 Å². The van der Waals surface area contributed by atoms with Crippen LogP contribution >= 0.6 is 0 Å². The normalized spacial score (nSPS) is 46.4. The second-order valence-corrected chi connectivity index (χ2v) is 12.4. The molecule has 0 heterocycles. The Balaban J connectivity index is 1.44. The Labute approximate surface area is 198 Å². The van der Waals surface area contributed by atoms with Gasteiger partial charge in [-0.1, -0.05) is 20.8 Å². The molecule has 4 fully saturated rings. The molecule has 188 valence electrons. The highest BCUT2D eigenvalue weighted by Crippen LogP contribution is 2.68. The number of aliphatic hydroxyl groups excluding tert-OH is 3. The van der Waals surface area contributed by atoms with Crippen molar-refractivity contribution < 1.29 is 24.9 Å². The summed E-state index contributed by atoms with van der Waals surface area (Å²) in [4.78, 5) is 23.1. The van der Waals surface area contributed by atoms with Gasteiger partial charge in [0, 0.05) is 6.42 Å². The molecule has 33 heavy (non-hydrogen) atoms. The molecule has 4 N–H and O–H groups in total. The van der Waals surface area contributed by atoms with Gasteiger partial charge in [-0.25, -0.2) is 0 Å². The molecule has 0 spiro atoms. The zero-order chi connectivity index (χ0) is 24.0. The number of hydrogen-bond acceptors (Lipinski definition) is 5. The Kier molecular flexibility index (Phi) is 7.29. The lowest BCUT2D eigenvalue weighted by Crippen LogP contribution is -2.58. The Bertz CT molecular complexity index is 729. The molecule has 4 saturated carbocycles. The molecule has 0 aromatic carbocycles. The van der Waals surface area contributed by atoms with E-state index in [1.807, 2.05) is 0 Å². The minimum atomic E-state index is -0.823. The molecule has 6 heteroatoms. The van der Waals surface area contributed by atoms with Crippen LogP contribution in [0, 0.1) is 46.3 Å². The molecular formula is C27H45NO5. The van der Waals surface area contributed by atoms with E-state index in [2.05, 4.69) is 26.1 Å². The van der Waals surface area contributed by atoms with E-state index in [-0.39, 0.29) is 35.6 Å². The maximum atomic E-state index is 12.2. The average Bonchev–Trinajstić information content (AvgIpc) is 3.16. The van der Waals surface area contributed by atoms with E-state index in [9.17, 15) is 19.8 Å². The number of fused-ring (bicyclic) bond motifs is 5. The van der Waals surface area contributed by atoms with Crippen LogP contribution in [-0.4, -0.2) is 52.4 Å². The second kappa shape index (κ2) is 9.58. The number of nitrogens with one attached hydrogen (secondary N) is 1. The van der Waals surface area contributed by atoms with E-state index < -0.39 is 6.04 Å². The number of aldehydes is 1. The fourth-order valence-electron chi connectivity index (χ4n) is 9.12. The monoisotopic (exact) mass is 463 g/mol. The highest BCUT2D eigenvalue weighted by Gasteiger charge is 2.63. The van der Waals surface area contributed by atoms with Gasteiger partial charge in [0.05, 0.1) is 18.8 Å². The van der Waals surface area contributed by atoms with Crippen molar-refractivity contribution >= 4 is 12.2 Å². The first-order chi connectivity index (χ1) is 15.6. The van der Waals surface area contributed by atoms with Crippen LogP contribution in [0.4, 0.5) is 0 Å². The van der Waals surface area contributed by atoms with Crippen molar-refractivity contribution in [1.29, 1.82) is 0 Å². The van der Waals surface area contributed by atoms with Crippen molar-refractivity contribution in [2.75, 3.05) is 6.61 Å². The molecule has 1 unspecified atom stereocenters. The van der Waals surface area contributed by atoms with Gasteiger partial charge in [0.2, 0.25) is 5.91 Å². The molecule has 4 aliphatic rings. The van der Waals surface area contributed by atoms with Crippen LogP contribution < -0.4 is 5.32 Å². The molecule has 4 aliphatic carbocycles. The number of hydrogen-bond donors (Lipinski definition) is 4. The minimum absolute atomic E-state index is 0.106. The van der Waals surface area contributed by atoms with Crippen molar-refractivity contribution in [3.05, 3.63) is 0 Å². The summed E-state index contributed by atoms with van der Waals surface area (Å²) >= 11 is 0. The van der Waals surface area contributed by atoms with Gasteiger partial charge in [0.25, 0.3) is 0 Å². The molecule has 0 aromatic heterocycles. The van der Waals surface area contributed by atoms with Gasteiger partial charge in [0.15, 0.2) is 0 Å².